The highest BCUT2D eigenvalue weighted by Gasteiger charge is 2.25. The zero-order chi connectivity index (χ0) is 21.8. The quantitative estimate of drug-likeness (QED) is 0.618. The molecule has 0 unspecified atom stereocenters. The van der Waals surface area contributed by atoms with Crippen molar-refractivity contribution >= 4 is 17.5 Å². The van der Waals surface area contributed by atoms with Crippen LogP contribution in [0.4, 0.5) is 11.6 Å². The van der Waals surface area contributed by atoms with Gasteiger partial charge in [-0.25, -0.2) is 4.68 Å². The number of rotatable bonds is 5. The molecule has 0 atom stereocenters. The smallest absolute Gasteiger partial charge is 0.274 e. The number of nitrogens with zero attached hydrogens (tertiary/aromatic N) is 8. The largest absolute Gasteiger partial charge is 0.395 e. The van der Waals surface area contributed by atoms with Crippen molar-refractivity contribution in [1.82, 2.24) is 29.8 Å². The average molecular weight is 428 g/mol. The molecule has 2 saturated heterocycles. The summed E-state index contributed by atoms with van der Waals surface area (Å²) >= 11 is 0. The summed E-state index contributed by atoms with van der Waals surface area (Å²) in [6, 6.07) is 6.81. The third-order valence-corrected chi connectivity index (χ3v) is 5.82. The molecule has 2 aromatic heterocycles. The van der Waals surface area contributed by atoms with Gasteiger partial charge in [-0.3, -0.25) is 14.5 Å². The molecular weight excluding hydrogens is 400 g/mol. The molecule has 166 valence electrons. The first-order valence-corrected chi connectivity index (χ1v) is 10.6. The standard InChI is InChI=1S/C20H28N8O3/c1-24-19(30)5-2-16(23-24)20(31)28-12-10-27(11-13-28)18-4-3-17(21-22-18)26-8-6-25(7-9-26)14-15-29/h2-5,29H,6-15H2,1H3. The number of β-amino-alcohol motifs (C(OH)–C–C–N with tert-alkyl or cyclic N) is 1. The molecule has 1 N–H and O–H groups in total. The molecule has 0 saturated carbocycles. The van der Waals surface area contributed by atoms with E-state index in [4.69, 9.17) is 5.11 Å². The van der Waals surface area contributed by atoms with Gasteiger partial charge in [0.15, 0.2) is 11.6 Å². The van der Waals surface area contributed by atoms with Gasteiger partial charge in [-0.2, -0.15) is 5.10 Å². The Morgan fingerprint density at radius 3 is 2.00 bits per heavy atom. The summed E-state index contributed by atoms with van der Waals surface area (Å²) in [5.41, 5.74) is 0.0363. The second-order valence-corrected chi connectivity index (χ2v) is 7.76. The molecule has 0 radical (unpaired) electrons. The maximum atomic E-state index is 12.7. The first-order valence-electron chi connectivity index (χ1n) is 10.6. The van der Waals surface area contributed by atoms with Crippen LogP contribution in [0.15, 0.2) is 29.1 Å². The zero-order valence-electron chi connectivity index (χ0n) is 17.7. The Labute approximate surface area is 180 Å². The third-order valence-electron chi connectivity index (χ3n) is 5.82. The minimum atomic E-state index is -0.240. The van der Waals surface area contributed by atoms with Gasteiger partial charge >= 0.3 is 0 Å². The molecule has 2 fully saturated rings. The lowest BCUT2D eigenvalue weighted by Gasteiger charge is -2.36. The molecule has 1 amide bonds. The Bertz CT molecular complexity index is 948. The van der Waals surface area contributed by atoms with E-state index in [9.17, 15) is 9.59 Å². The number of piperazine rings is 2. The number of anilines is 2. The van der Waals surface area contributed by atoms with E-state index < -0.39 is 0 Å². The van der Waals surface area contributed by atoms with Gasteiger partial charge in [0.05, 0.1) is 6.61 Å². The normalized spacial score (nSPS) is 17.8. The van der Waals surface area contributed by atoms with E-state index in [1.807, 2.05) is 12.1 Å². The zero-order valence-corrected chi connectivity index (χ0v) is 17.7. The molecule has 2 aliphatic rings. The van der Waals surface area contributed by atoms with Crippen LogP contribution in [0.2, 0.25) is 0 Å². The van der Waals surface area contributed by atoms with Crippen LogP contribution in [-0.2, 0) is 7.05 Å². The van der Waals surface area contributed by atoms with Crippen LogP contribution in [0.3, 0.4) is 0 Å². The number of amides is 1. The highest BCUT2D eigenvalue weighted by Crippen LogP contribution is 2.18. The Morgan fingerprint density at radius 2 is 1.48 bits per heavy atom. The number of aliphatic hydroxyl groups is 1. The Kier molecular flexibility index (Phi) is 6.42. The molecule has 4 heterocycles. The lowest BCUT2D eigenvalue weighted by molar-refractivity contribution is 0.0738. The van der Waals surface area contributed by atoms with Crippen molar-refractivity contribution < 1.29 is 9.90 Å². The van der Waals surface area contributed by atoms with Gasteiger partial charge in [-0.05, 0) is 18.2 Å². The van der Waals surface area contributed by atoms with E-state index in [0.717, 1.165) is 37.8 Å². The molecule has 2 aromatic rings. The average Bonchev–Trinajstić information content (AvgIpc) is 2.81. The molecule has 2 aliphatic heterocycles. The fourth-order valence-corrected chi connectivity index (χ4v) is 3.91. The minimum absolute atomic E-state index is 0.169. The molecule has 11 heteroatoms. The van der Waals surface area contributed by atoms with Crippen LogP contribution in [-0.4, -0.2) is 106 Å². The highest BCUT2D eigenvalue weighted by molar-refractivity contribution is 5.92. The molecule has 0 aromatic carbocycles. The van der Waals surface area contributed by atoms with Crippen LogP contribution in [0.25, 0.3) is 0 Å². The lowest BCUT2D eigenvalue weighted by Crippen LogP contribution is -2.49. The Hall–Kier alpha value is -3.05. The molecule has 4 rings (SSSR count). The molecule has 0 spiro atoms. The van der Waals surface area contributed by atoms with Crippen molar-refractivity contribution in [1.29, 1.82) is 0 Å². The SMILES string of the molecule is Cn1nc(C(=O)N2CCN(c3ccc(N4CCN(CCO)CC4)nn3)CC2)ccc1=O. The summed E-state index contributed by atoms with van der Waals surface area (Å²) in [6.45, 7) is 6.88. The van der Waals surface area contributed by atoms with Crippen molar-refractivity contribution in [3.63, 3.8) is 0 Å². The Balaban J connectivity index is 1.31. The maximum Gasteiger partial charge on any atom is 0.274 e. The van der Waals surface area contributed by atoms with Crippen molar-refractivity contribution in [2.75, 3.05) is 75.3 Å². The van der Waals surface area contributed by atoms with Gasteiger partial charge in [-0.15, -0.1) is 10.2 Å². The van der Waals surface area contributed by atoms with Crippen LogP contribution in [0.5, 0.6) is 0 Å². The number of carbonyl (C=O) groups excluding carboxylic acids is 1. The van der Waals surface area contributed by atoms with Crippen molar-refractivity contribution in [3.05, 3.63) is 40.3 Å². The van der Waals surface area contributed by atoms with Gasteiger partial charge in [0.2, 0.25) is 0 Å². The monoisotopic (exact) mass is 428 g/mol. The summed E-state index contributed by atoms with van der Waals surface area (Å²) in [7, 11) is 1.54. The summed E-state index contributed by atoms with van der Waals surface area (Å²) in [4.78, 5) is 32.5. The van der Waals surface area contributed by atoms with Crippen LogP contribution >= 0.6 is 0 Å². The van der Waals surface area contributed by atoms with Gasteiger partial charge in [0, 0.05) is 72.0 Å². The predicted octanol–water partition coefficient (Wildman–Crippen LogP) is -1.35. The number of aliphatic hydroxyl groups excluding tert-OH is 1. The van der Waals surface area contributed by atoms with E-state index in [0.29, 0.717) is 32.7 Å². The summed E-state index contributed by atoms with van der Waals surface area (Å²) in [5, 5.41) is 21.9. The van der Waals surface area contributed by atoms with Gasteiger partial charge in [0.25, 0.3) is 11.5 Å². The van der Waals surface area contributed by atoms with Crippen molar-refractivity contribution in [2.45, 2.75) is 0 Å². The summed E-state index contributed by atoms with van der Waals surface area (Å²) < 4.78 is 1.17. The first kappa shape index (κ1) is 21.2. The molecular formula is C20H28N8O3. The van der Waals surface area contributed by atoms with E-state index in [-0.39, 0.29) is 23.8 Å². The first-order chi connectivity index (χ1) is 15.0. The third kappa shape index (κ3) is 4.83. The van der Waals surface area contributed by atoms with Crippen molar-refractivity contribution in [3.8, 4) is 0 Å². The Morgan fingerprint density at radius 1 is 0.903 bits per heavy atom. The minimum Gasteiger partial charge on any atom is -0.395 e. The van der Waals surface area contributed by atoms with E-state index in [2.05, 4.69) is 30.0 Å². The van der Waals surface area contributed by atoms with Gasteiger partial charge in [0.1, 0.15) is 5.69 Å². The number of aromatic nitrogens is 4. The van der Waals surface area contributed by atoms with Crippen molar-refractivity contribution in [2.24, 2.45) is 7.05 Å². The van der Waals surface area contributed by atoms with Gasteiger partial charge in [-0.1, -0.05) is 0 Å². The predicted molar refractivity (Wildman–Crippen MR) is 115 cm³/mol. The molecule has 11 nitrogen and oxygen atoms in total. The highest BCUT2D eigenvalue weighted by atomic mass is 16.3. The summed E-state index contributed by atoms with van der Waals surface area (Å²) in [6.07, 6.45) is 0. The lowest BCUT2D eigenvalue weighted by atomic mass is 10.2. The second-order valence-electron chi connectivity index (χ2n) is 7.76. The topological polar surface area (TPSA) is 111 Å². The van der Waals surface area contributed by atoms with E-state index in [1.165, 1.54) is 23.9 Å². The molecule has 0 bridgehead atoms. The number of aryl methyl sites for hydroxylation is 1. The van der Waals surface area contributed by atoms with Gasteiger partial charge < -0.3 is 19.8 Å². The number of carbonyl (C=O) groups is 1. The second kappa shape index (κ2) is 9.40. The molecule has 0 aliphatic carbocycles. The van der Waals surface area contributed by atoms with Crippen LogP contribution < -0.4 is 15.4 Å². The maximum absolute atomic E-state index is 12.7. The van der Waals surface area contributed by atoms with E-state index in [1.54, 1.807) is 4.90 Å². The van der Waals surface area contributed by atoms with Crippen LogP contribution in [0, 0.1) is 0 Å². The summed E-state index contributed by atoms with van der Waals surface area (Å²) in [5.74, 6) is 1.49. The van der Waals surface area contributed by atoms with Crippen LogP contribution in [0.1, 0.15) is 10.5 Å². The fraction of sp³-hybridized carbons (Fsp3) is 0.550. The number of hydrogen-bond donors (Lipinski definition) is 1. The number of hydrogen-bond acceptors (Lipinski definition) is 9. The molecule has 31 heavy (non-hydrogen) atoms. The fourth-order valence-electron chi connectivity index (χ4n) is 3.91. The van der Waals surface area contributed by atoms with E-state index >= 15 is 0 Å².